The van der Waals surface area contributed by atoms with Crippen LogP contribution >= 0.6 is 0 Å². The van der Waals surface area contributed by atoms with Crippen molar-refractivity contribution in [1.29, 1.82) is 0 Å². The number of hydrogen-bond donors (Lipinski definition) is 0. The molecule has 0 atom stereocenters. The molecule has 3 aromatic heterocycles. The Bertz CT molecular complexity index is 2610. The molecule has 0 amide bonds. The third-order valence-electron chi connectivity index (χ3n) is 12.0. The van der Waals surface area contributed by atoms with Crippen LogP contribution in [-0.4, -0.2) is 18.0 Å². The standard InChI is InChI=1S/C32H26NO.C21H28NSi.Ir/c1-3-21(4-2)23-16-17-33-30(19-23)25-12-14-28-29-18-24(13-15-31(29)34-32(28)20-25)27-11-7-9-22-8-5-6-10-26(22)27;1-23(2,3)21-16-22-20(18-12-8-5-9-13-18)15-19(21)14-17-10-6-4-7-11-17;/h5-11,13-21H,3-4H2,1-2H3;5,8-9,12,15-17H,4,6-7,10-11,14H2,1-3H3;/q2*-1;. The average molecular weight is 955 g/mol. The molecular formula is C53H54IrN2OSi-2. The van der Waals surface area contributed by atoms with Gasteiger partial charge >= 0.3 is 0 Å². The van der Waals surface area contributed by atoms with Crippen LogP contribution in [-0.2, 0) is 26.5 Å². The zero-order valence-corrected chi connectivity index (χ0v) is 38.0. The maximum Gasteiger partial charge on any atom is 0.123 e. The molecule has 8 aromatic rings. The molecule has 0 bridgehead atoms. The molecule has 5 aromatic carbocycles. The SMILES string of the molecule is CCC(CC)c1ccnc(-c2[c-]cc3c(c2)oc2ccc(-c4cccc5ccccc45)cc23)c1.C[Si](C)(C)c1cnc(-c2[c-]cccc2)cc1CC1CCCCC1.[Ir]. The van der Waals surface area contributed by atoms with Gasteiger partial charge in [0.05, 0.1) is 13.7 Å². The Morgan fingerprint density at radius 3 is 2.26 bits per heavy atom. The van der Waals surface area contributed by atoms with E-state index < -0.39 is 8.07 Å². The molecule has 9 rings (SSSR count). The van der Waals surface area contributed by atoms with E-state index in [0.29, 0.717) is 5.92 Å². The number of fused-ring (bicyclic) bond motifs is 4. The molecule has 297 valence electrons. The van der Waals surface area contributed by atoms with E-state index in [0.717, 1.165) is 63.2 Å². The summed E-state index contributed by atoms with van der Waals surface area (Å²) in [5.74, 6) is 1.43. The van der Waals surface area contributed by atoms with Crippen molar-refractivity contribution < 1.29 is 24.5 Å². The maximum atomic E-state index is 6.27. The van der Waals surface area contributed by atoms with Gasteiger partial charge in [-0.1, -0.05) is 155 Å². The fraction of sp³-hybridized carbons (Fsp3) is 0.283. The predicted molar refractivity (Wildman–Crippen MR) is 244 cm³/mol. The third kappa shape index (κ3) is 9.13. The van der Waals surface area contributed by atoms with Gasteiger partial charge in [0.1, 0.15) is 5.58 Å². The zero-order chi connectivity index (χ0) is 39.4. The fourth-order valence-corrected chi connectivity index (χ4v) is 10.4. The molecule has 0 unspecified atom stereocenters. The topological polar surface area (TPSA) is 38.9 Å². The fourth-order valence-electron chi connectivity index (χ4n) is 8.86. The summed E-state index contributed by atoms with van der Waals surface area (Å²) in [4.78, 5) is 9.40. The Kier molecular flexibility index (Phi) is 13.2. The first-order chi connectivity index (χ1) is 27.8. The number of furan rings is 1. The Balaban J connectivity index is 0.000000187. The molecule has 1 aliphatic carbocycles. The van der Waals surface area contributed by atoms with E-state index in [-0.39, 0.29) is 20.1 Å². The second-order valence-corrected chi connectivity index (χ2v) is 22.0. The Hall–Kier alpha value is -4.67. The van der Waals surface area contributed by atoms with Crippen molar-refractivity contribution in [2.24, 2.45) is 5.92 Å². The van der Waals surface area contributed by atoms with E-state index in [4.69, 9.17) is 9.40 Å². The molecule has 0 N–H and O–H groups in total. The molecular weight excluding hydrogens is 901 g/mol. The van der Waals surface area contributed by atoms with E-state index in [2.05, 4.69) is 160 Å². The third-order valence-corrected chi connectivity index (χ3v) is 14.1. The van der Waals surface area contributed by atoms with Gasteiger partial charge in [0.25, 0.3) is 0 Å². The molecule has 58 heavy (non-hydrogen) atoms. The van der Waals surface area contributed by atoms with E-state index in [1.807, 2.05) is 18.3 Å². The van der Waals surface area contributed by atoms with Crippen LogP contribution in [0.4, 0.5) is 0 Å². The number of aromatic nitrogens is 2. The molecule has 0 saturated heterocycles. The summed E-state index contributed by atoms with van der Waals surface area (Å²) in [5.41, 5.74) is 11.2. The van der Waals surface area contributed by atoms with E-state index >= 15 is 0 Å². The molecule has 1 fully saturated rings. The zero-order valence-electron chi connectivity index (χ0n) is 34.6. The van der Waals surface area contributed by atoms with Gasteiger partial charge in [-0.15, -0.1) is 53.6 Å². The minimum absolute atomic E-state index is 0. The summed E-state index contributed by atoms with van der Waals surface area (Å²) in [6.45, 7) is 11.8. The Morgan fingerprint density at radius 1 is 0.707 bits per heavy atom. The minimum atomic E-state index is -1.36. The molecule has 3 heterocycles. The summed E-state index contributed by atoms with van der Waals surface area (Å²) in [7, 11) is -1.36. The molecule has 1 saturated carbocycles. The van der Waals surface area contributed by atoms with E-state index in [1.165, 1.54) is 66.0 Å². The first-order valence-corrected chi connectivity index (χ1v) is 24.6. The first kappa shape index (κ1) is 41.5. The molecule has 3 nitrogen and oxygen atoms in total. The molecule has 1 aliphatic rings. The Labute approximate surface area is 359 Å². The largest absolute Gasteiger partial charge is 0.476 e. The summed E-state index contributed by atoms with van der Waals surface area (Å²) in [6.07, 6.45) is 14.6. The predicted octanol–water partition coefficient (Wildman–Crippen LogP) is 14.4. The van der Waals surface area contributed by atoms with Crippen LogP contribution in [0.2, 0.25) is 19.6 Å². The van der Waals surface area contributed by atoms with Crippen LogP contribution in [0.5, 0.6) is 0 Å². The van der Waals surface area contributed by atoms with Gasteiger partial charge in [0.2, 0.25) is 0 Å². The number of nitrogens with zero attached hydrogens (tertiary/aromatic N) is 2. The van der Waals surface area contributed by atoms with Crippen LogP contribution in [0, 0.1) is 18.1 Å². The maximum absolute atomic E-state index is 6.27. The monoisotopic (exact) mass is 955 g/mol. The quantitative estimate of drug-likeness (QED) is 0.107. The van der Waals surface area contributed by atoms with Gasteiger partial charge < -0.3 is 14.4 Å². The van der Waals surface area contributed by atoms with Crippen molar-refractivity contribution in [1.82, 2.24) is 9.97 Å². The summed E-state index contributed by atoms with van der Waals surface area (Å²) >= 11 is 0. The Morgan fingerprint density at radius 2 is 1.48 bits per heavy atom. The van der Waals surface area contributed by atoms with Crippen LogP contribution in [0.15, 0.2) is 132 Å². The van der Waals surface area contributed by atoms with Crippen LogP contribution in [0.1, 0.15) is 75.8 Å². The molecule has 0 aliphatic heterocycles. The van der Waals surface area contributed by atoms with Crippen molar-refractivity contribution >= 4 is 46.0 Å². The summed E-state index contributed by atoms with van der Waals surface area (Å²) in [5, 5.41) is 6.24. The van der Waals surface area contributed by atoms with Gasteiger partial charge in [-0.25, -0.2) is 0 Å². The second kappa shape index (κ2) is 18.5. The first-order valence-electron chi connectivity index (χ1n) is 21.1. The summed E-state index contributed by atoms with van der Waals surface area (Å²) in [6, 6.07) is 47.3. The van der Waals surface area contributed by atoms with Crippen LogP contribution < -0.4 is 5.19 Å². The van der Waals surface area contributed by atoms with E-state index in [1.54, 1.807) is 10.8 Å². The number of rotatable bonds is 9. The number of pyridine rings is 2. The average Bonchev–Trinajstić information content (AvgIpc) is 3.62. The number of benzene rings is 5. The van der Waals surface area contributed by atoms with Crippen molar-refractivity contribution in [3.8, 4) is 33.6 Å². The van der Waals surface area contributed by atoms with Gasteiger partial charge in [0, 0.05) is 32.5 Å². The van der Waals surface area contributed by atoms with E-state index in [9.17, 15) is 0 Å². The van der Waals surface area contributed by atoms with Crippen LogP contribution in [0.25, 0.3) is 66.4 Å². The van der Waals surface area contributed by atoms with Crippen molar-refractivity contribution in [2.45, 2.75) is 90.8 Å². The normalized spacial score (nSPS) is 13.4. The smallest absolute Gasteiger partial charge is 0.123 e. The number of hydrogen-bond acceptors (Lipinski definition) is 3. The van der Waals surface area contributed by atoms with Gasteiger partial charge in [-0.3, -0.25) is 0 Å². The van der Waals surface area contributed by atoms with Gasteiger partial charge in [0.15, 0.2) is 0 Å². The van der Waals surface area contributed by atoms with Crippen molar-refractivity contribution in [3.63, 3.8) is 0 Å². The van der Waals surface area contributed by atoms with Crippen LogP contribution in [0.3, 0.4) is 0 Å². The van der Waals surface area contributed by atoms with Gasteiger partial charge in [-0.05, 0) is 87.1 Å². The summed E-state index contributed by atoms with van der Waals surface area (Å²) < 4.78 is 6.27. The molecule has 5 heteroatoms. The minimum Gasteiger partial charge on any atom is -0.476 e. The second-order valence-electron chi connectivity index (χ2n) is 16.9. The van der Waals surface area contributed by atoms with Crippen molar-refractivity contribution in [3.05, 3.63) is 151 Å². The molecule has 1 radical (unpaired) electrons. The van der Waals surface area contributed by atoms with Gasteiger partial charge in [-0.2, -0.15) is 0 Å². The molecule has 0 spiro atoms. The van der Waals surface area contributed by atoms with Crippen molar-refractivity contribution in [2.75, 3.05) is 0 Å².